The Labute approximate surface area is 168 Å². The molecule has 0 aliphatic rings. The number of rotatable bonds is 20. The predicted molar refractivity (Wildman–Crippen MR) is 116 cm³/mol. The molecule has 4 heteroatoms. The van der Waals surface area contributed by atoms with Crippen molar-refractivity contribution in [1.29, 1.82) is 0 Å². The lowest BCUT2D eigenvalue weighted by atomic mass is 9.93. The highest BCUT2D eigenvalue weighted by atomic mass is 32.2. The van der Waals surface area contributed by atoms with Crippen LogP contribution in [-0.2, 0) is 14.2 Å². The number of unbranched alkanes of at least 4 members (excludes halogenated alkanes) is 8. The van der Waals surface area contributed by atoms with Gasteiger partial charge in [0.05, 0.1) is 0 Å². The van der Waals surface area contributed by atoms with Gasteiger partial charge in [-0.05, 0) is 37.2 Å². The van der Waals surface area contributed by atoms with Crippen LogP contribution in [-0.4, -0.2) is 38.8 Å². The molecule has 0 amide bonds. The van der Waals surface area contributed by atoms with Gasteiger partial charge in [-0.3, -0.25) is 0 Å². The van der Waals surface area contributed by atoms with E-state index in [0.29, 0.717) is 5.92 Å². The van der Waals surface area contributed by atoms with Crippen LogP contribution in [0.3, 0.4) is 0 Å². The standard InChI is InChI=1S/C22H46O3S/c1-6-8-10-12-13-14-17-21(22(23-3,24-4)25-5)18-16-20-26-19-15-11-9-7-2/h21H,6-20H2,1-5H3/t21-/m1/s1. The average molecular weight is 391 g/mol. The maximum absolute atomic E-state index is 5.67. The van der Waals surface area contributed by atoms with Crippen LogP contribution in [0.2, 0.25) is 0 Å². The van der Waals surface area contributed by atoms with Crippen molar-refractivity contribution in [2.45, 2.75) is 103 Å². The molecule has 0 saturated carbocycles. The van der Waals surface area contributed by atoms with Crippen molar-refractivity contribution >= 4 is 11.8 Å². The first kappa shape index (κ1) is 26.2. The Kier molecular flexibility index (Phi) is 18.8. The molecule has 0 aliphatic carbocycles. The number of methoxy groups -OCH3 is 3. The number of thioether (sulfide) groups is 1. The van der Waals surface area contributed by atoms with E-state index in [1.807, 2.05) is 0 Å². The molecule has 0 aliphatic heterocycles. The highest BCUT2D eigenvalue weighted by molar-refractivity contribution is 7.99. The molecule has 0 bridgehead atoms. The topological polar surface area (TPSA) is 27.7 Å². The Morgan fingerprint density at radius 2 is 1.08 bits per heavy atom. The van der Waals surface area contributed by atoms with E-state index in [0.717, 1.165) is 12.8 Å². The third kappa shape index (κ3) is 11.8. The lowest BCUT2D eigenvalue weighted by molar-refractivity contribution is -0.380. The molecule has 3 nitrogen and oxygen atoms in total. The summed E-state index contributed by atoms with van der Waals surface area (Å²) in [5.41, 5.74) is 0. The van der Waals surface area contributed by atoms with E-state index in [4.69, 9.17) is 14.2 Å². The molecule has 0 saturated heterocycles. The van der Waals surface area contributed by atoms with Crippen molar-refractivity contribution in [3.63, 3.8) is 0 Å². The second kappa shape index (κ2) is 18.6. The molecule has 0 aromatic heterocycles. The van der Waals surface area contributed by atoms with Crippen LogP contribution >= 0.6 is 11.8 Å². The normalized spacial score (nSPS) is 13.3. The van der Waals surface area contributed by atoms with Gasteiger partial charge in [-0.25, -0.2) is 0 Å². The Bertz CT molecular complexity index is 274. The lowest BCUT2D eigenvalue weighted by Crippen LogP contribution is -2.44. The summed E-state index contributed by atoms with van der Waals surface area (Å²) in [6, 6.07) is 0. The van der Waals surface area contributed by atoms with Gasteiger partial charge in [0.2, 0.25) is 0 Å². The highest BCUT2D eigenvalue weighted by Gasteiger charge is 2.39. The molecule has 0 radical (unpaired) electrons. The molecular weight excluding hydrogens is 344 g/mol. The number of ether oxygens (including phenoxy) is 3. The minimum atomic E-state index is -0.880. The van der Waals surface area contributed by atoms with E-state index in [-0.39, 0.29) is 0 Å². The molecule has 0 aromatic carbocycles. The van der Waals surface area contributed by atoms with Gasteiger partial charge in [-0.1, -0.05) is 71.6 Å². The molecule has 0 heterocycles. The van der Waals surface area contributed by atoms with Gasteiger partial charge < -0.3 is 14.2 Å². The third-order valence-electron chi connectivity index (χ3n) is 5.24. The van der Waals surface area contributed by atoms with E-state index >= 15 is 0 Å². The zero-order valence-corrected chi connectivity index (χ0v) is 19.1. The van der Waals surface area contributed by atoms with Crippen molar-refractivity contribution in [3.8, 4) is 0 Å². The summed E-state index contributed by atoms with van der Waals surface area (Å²) in [7, 11) is 5.09. The van der Waals surface area contributed by atoms with Crippen molar-refractivity contribution < 1.29 is 14.2 Å². The minimum absolute atomic E-state index is 0.300. The van der Waals surface area contributed by atoms with Gasteiger partial charge in [0, 0.05) is 27.2 Å². The summed E-state index contributed by atoms with van der Waals surface area (Å²) in [4.78, 5) is 0. The minimum Gasteiger partial charge on any atom is -0.331 e. The maximum Gasteiger partial charge on any atom is 0.285 e. The Balaban J connectivity index is 4.20. The third-order valence-corrected chi connectivity index (χ3v) is 6.40. The molecular formula is C22H46O3S. The monoisotopic (exact) mass is 390 g/mol. The second-order valence-electron chi connectivity index (χ2n) is 7.28. The quantitative estimate of drug-likeness (QED) is 0.165. The fourth-order valence-electron chi connectivity index (χ4n) is 3.58. The van der Waals surface area contributed by atoms with Crippen LogP contribution < -0.4 is 0 Å². The van der Waals surface area contributed by atoms with Crippen molar-refractivity contribution in [1.82, 2.24) is 0 Å². The zero-order chi connectivity index (χ0) is 19.5. The van der Waals surface area contributed by atoms with E-state index < -0.39 is 5.97 Å². The van der Waals surface area contributed by atoms with Gasteiger partial charge in [-0.2, -0.15) is 11.8 Å². The van der Waals surface area contributed by atoms with Gasteiger partial charge >= 0.3 is 0 Å². The molecule has 0 unspecified atom stereocenters. The van der Waals surface area contributed by atoms with E-state index in [9.17, 15) is 0 Å². The molecule has 0 fully saturated rings. The lowest BCUT2D eigenvalue weighted by Gasteiger charge is -2.36. The van der Waals surface area contributed by atoms with Gasteiger partial charge in [0.25, 0.3) is 5.97 Å². The Morgan fingerprint density at radius 1 is 0.615 bits per heavy atom. The van der Waals surface area contributed by atoms with Crippen LogP contribution in [0.15, 0.2) is 0 Å². The summed E-state index contributed by atoms with van der Waals surface area (Å²) >= 11 is 2.09. The van der Waals surface area contributed by atoms with E-state index in [1.54, 1.807) is 21.3 Å². The van der Waals surface area contributed by atoms with Crippen LogP contribution in [0.5, 0.6) is 0 Å². The van der Waals surface area contributed by atoms with Crippen LogP contribution in [0.1, 0.15) is 97.3 Å². The smallest absolute Gasteiger partial charge is 0.285 e. The second-order valence-corrected chi connectivity index (χ2v) is 8.51. The number of hydrogen-bond donors (Lipinski definition) is 0. The Morgan fingerprint density at radius 3 is 1.65 bits per heavy atom. The summed E-state index contributed by atoms with van der Waals surface area (Å²) in [6.45, 7) is 4.53. The summed E-state index contributed by atoms with van der Waals surface area (Å²) in [6.07, 6.45) is 16.8. The maximum atomic E-state index is 5.67. The van der Waals surface area contributed by atoms with E-state index in [2.05, 4.69) is 25.6 Å². The van der Waals surface area contributed by atoms with Crippen molar-refractivity contribution in [2.24, 2.45) is 5.92 Å². The first-order valence-corrected chi connectivity index (χ1v) is 12.1. The molecule has 0 aromatic rings. The van der Waals surface area contributed by atoms with Crippen LogP contribution in [0.25, 0.3) is 0 Å². The fourth-order valence-corrected chi connectivity index (χ4v) is 4.57. The van der Waals surface area contributed by atoms with Crippen LogP contribution in [0.4, 0.5) is 0 Å². The first-order chi connectivity index (χ1) is 12.7. The van der Waals surface area contributed by atoms with Crippen molar-refractivity contribution in [3.05, 3.63) is 0 Å². The summed E-state index contributed by atoms with van der Waals surface area (Å²) < 4.78 is 17.0. The van der Waals surface area contributed by atoms with Gasteiger partial charge in [-0.15, -0.1) is 0 Å². The van der Waals surface area contributed by atoms with Gasteiger partial charge in [0.15, 0.2) is 0 Å². The van der Waals surface area contributed by atoms with Crippen LogP contribution in [0, 0.1) is 5.92 Å². The number of hydrogen-bond acceptors (Lipinski definition) is 4. The molecule has 0 N–H and O–H groups in total. The molecule has 1 atom stereocenters. The zero-order valence-electron chi connectivity index (χ0n) is 18.3. The Hall–Kier alpha value is 0.230. The fraction of sp³-hybridized carbons (Fsp3) is 1.00. The molecule has 0 rings (SSSR count). The SMILES string of the molecule is CCCCCCCC[C@H](CCCSCCCCCC)C(OC)(OC)OC. The largest absolute Gasteiger partial charge is 0.331 e. The molecule has 26 heavy (non-hydrogen) atoms. The molecule has 158 valence electrons. The van der Waals surface area contributed by atoms with Crippen molar-refractivity contribution in [2.75, 3.05) is 32.8 Å². The summed E-state index contributed by atoms with van der Waals surface area (Å²) in [5.74, 6) is 1.95. The average Bonchev–Trinajstić information content (AvgIpc) is 2.67. The predicted octanol–water partition coefficient (Wildman–Crippen LogP) is 7.04. The van der Waals surface area contributed by atoms with E-state index in [1.165, 1.54) is 82.1 Å². The van der Waals surface area contributed by atoms with Gasteiger partial charge in [0.1, 0.15) is 0 Å². The summed E-state index contributed by atoms with van der Waals surface area (Å²) in [5, 5.41) is 0. The highest BCUT2D eigenvalue weighted by Crippen LogP contribution is 2.32. The molecule has 0 spiro atoms. The first-order valence-electron chi connectivity index (χ1n) is 10.9.